The van der Waals surface area contributed by atoms with Gasteiger partial charge >= 0.3 is 12.0 Å². The highest BCUT2D eigenvalue weighted by Gasteiger charge is 2.30. The number of hydrogen-bond donors (Lipinski definition) is 0. The quantitative estimate of drug-likeness (QED) is 0.710. The lowest BCUT2D eigenvalue weighted by Crippen LogP contribution is -2.50. The Morgan fingerprint density at radius 1 is 1.07 bits per heavy atom. The second kappa shape index (κ2) is 8.60. The van der Waals surface area contributed by atoms with Crippen LogP contribution in [-0.2, 0) is 21.1 Å². The first-order chi connectivity index (χ1) is 13.8. The summed E-state index contributed by atoms with van der Waals surface area (Å²) in [4.78, 5) is 27.4. The van der Waals surface area contributed by atoms with E-state index in [1.165, 1.54) is 35.1 Å². The average Bonchev–Trinajstić information content (AvgIpc) is 2.72. The topological polar surface area (TPSA) is 84.0 Å². The number of anilines is 1. The largest absolute Gasteiger partial charge is 0.465 e. The zero-order valence-corrected chi connectivity index (χ0v) is 16.7. The highest BCUT2D eigenvalue weighted by atomic mass is 32.2. The second-order valence-corrected chi connectivity index (χ2v) is 8.95. The first-order valence-electron chi connectivity index (χ1n) is 8.99. The number of methoxy groups -OCH3 is 1. The van der Waals surface area contributed by atoms with Crippen molar-refractivity contribution in [3.63, 3.8) is 0 Å². The van der Waals surface area contributed by atoms with Gasteiger partial charge in [0.25, 0.3) is 0 Å². The third kappa shape index (κ3) is 4.92. The van der Waals surface area contributed by atoms with Gasteiger partial charge in [-0.1, -0.05) is 24.3 Å². The summed E-state index contributed by atoms with van der Waals surface area (Å²) in [6.07, 6.45) is 0. The van der Waals surface area contributed by atoms with E-state index in [2.05, 4.69) is 4.74 Å². The number of nitrogens with zero attached hydrogens (tertiary/aromatic N) is 2. The van der Waals surface area contributed by atoms with Crippen LogP contribution in [0.3, 0.4) is 0 Å². The first kappa shape index (κ1) is 20.8. The van der Waals surface area contributed by atoms with E-state index in [1.807, 2.05) is 0 Å². The Morgan fingerprint density at radius 3 is 2.28 bits per heavy atom. The van der Waals surface area contributed by atoms with E-state index >= 15 is 0 Å². The summed E-state index contributed by atoms with van der Waals surface area (Å²) in [5, 5.41) is 0. The standard InChI is InChI=1S/C20H21FN2O5S/c1-28-19(24)16-8-6-15(7-9-16)14-23(18-5-3-2-4-17(18)21)20(25)22-10-12-29(26,27)13-11-22/h2-9H,10-14H2,1H3. The Balaban J connectivity index is 1.87. The molecule has 2 aromatic rings. The van der Waals surface area contributed by atoms with Crippen LogP contribution in [0.4, 0.5) is 14.9 Å². The Bertz CT molecular complexity index is 994. The maximum Gasteiger partial charge on any atom is 0.337 e. The number of halogens is 1. The SMILES string of the molecule is COC(=O)c1ccc(CN(C(=O)N2CCS(=O)(=O)CC2)c2ccccc2F)cc1. The Labute approximate surface area is 168 Å². The van der Waals surface area contributed by atoms with E-state index in [-0.39, 0.29) is 36.8 Å². The lowest BCUT2D eigenvalue weighted by atomic mass is 10.1. The van der Waals surface area contributed by atoms with E-state index in [4.69, 9.17) is 0 Å². The molecule has 1 aliphatic rings. The summed E-state index contributed by atoms with van der Waals surface area (Å²) in [6, 6.07) is 11.9. The minimum absolute atomic E-state index is 0.0600. The van der Waals surface area contributed by atoms with Crippen molar-refractivity contribution in [1.82, 2.24) is 4.90 Å². The van der Waals surface area contributed by atoms with Gasteiger partial charge in [0, 0.05) is 13.1 Å². The molecular weight excluding hydrogens is 399 g/mol. The van der Waals surface area contributed by atoms with Crippen LogP contribution in [0.2, 0.25) is 0 Å². The Morgan fingerprint density at radius 2 is 1.69 bits per heavy atom. The summed E-state index contributed by atoms with van der Waals surface area (Å²) in [6.45, 7) is 0.186. The van der Waals surface area contributed by atoms with Gasteiger partial charge in [-0.3, -0.25) is 4.90 Å². The summed E-state index contributed by atoms with van der Waals surface area (Å²) in [5.74, 6) is -1.26. The number of carbonyl (C=O) groups is 2. The van der Waals surface area contributed by atoms with Crippen LogP contribution in [0.1, 0.15) is 15.9 Å². The van der Waals surface area contributed by atoms with Gasteiger partial charge in [-0.2, -0.15) is 0 Å². The maximum atomic E-state index is 14.4. The fourth-order valence-corrected chi connectivity index (χ4v) is 4.25. The number of hydrogen-bond acceptors (Lipinski definition) is 5. The minimum Gasteiger partial charge on any atom is -0.465 e. The molecule has 9 heteroatoms. The van der Waals surface area contributed by atoms with Crippen molar-refractivity contribution in [1.29, 1.82) is 0 Å². The molecule has 1 aliphatic heterocycles. The van der Waals surface area contributed by atoms with Gasteiger partial charge in [0.05, 0.1) is 36.4 Å². The van der Waals surface area contributed by atoms with Crippen LogP contribution in [0.5, 0.6) is 0 Å². The van der Waals surface area contributed by atoms with E-state index < -0.39 is 27.7 Å². The molecule has 2 aromatic carbocycles. The molecule has 7 nitrogen and oxygen atoms in total. The van der Waals surface area contributed by atoms with Gasteiger partial charge in [-0.15, -0.1) is 0 Å². The number of carbonyl (C=O) groups excluding carboxylic acids is 2. The molecule has 1 fully saturated rings. The fourth-order valence-electron chi connectivity index (χ4n) is 3.05. The van der Waals surface area contributed by atoms with Crippen molar-refractivity contribution in [3.8, 4) is 0 Å². The van der Waals surface area contributed by atoms with Crippen molar-refractivity contribution in [2.75, 3.05) is 36.6 Å². The zero-order valence-electron chi connectivity index (χ0n) is 15.9. The normalized spacial score (nSPS) is 15.6. The predicted octanol–water partition coefficient (Wildman–Crippen LogP) is 2.47. The summed E-state index contributed by atoms with van der Waals surface area (Å²) in [7, 11) is -1.87. The van der Waals surface area contributed by atoms with E-state index in [0.717, 1.165) is 0 Å². The van der Waals surface area contributed by atoms with Gasteiger partial charge in [-0.05, 0) is 29.8 Å². The van der Waals surface area contributed by atoms with Crippen molar-refractivity contribution >= 4 is 27.5 Å². The second-order valence-electron chi connectivity index (χ2n) is 6.65. The lowest BCUT2D eigenvalue weighted by molar-refractivity contribution is 0.0600. The van der Waals surface area contributed by atoms with Crippen molar-refractivity contribution in [2.45, 2.75) is 6.54 Å². The van der Waals surface area contributed by atoms with Crippen LogP contribution < -0.4 is 4.90 Å². The molecule has 3 rings (SSSR count). The smallest absolute Gasteiger partial charge is 0.337 e. The molecule has 29 heavy (non-hydrogen) atoms. The molecular formula is C20H21FN2O5S. The van der Waals surface area contributed by atoms with E-state index in [9.17, 15) is 22.4 Å². The molecule has 0 aromatic heterocycles. The molecule has 0 unspecified atom stereocenters. The molecule has 1 saturated heterocycles. The molecule has 0 N–H and O–H groups in total. The van der Waals surface area contributed by atoms with E-state index in [1.54, 1.807) is 30.3 Å². The van der Waals surface area contributed by atoms with Gasteiger partial charge in [0.15, 0.2) is 9.84 Å². The third-order valence-electron chi connectivity index (χ3n) is 4.70. The molecule has 0 saturated carbocycles. The average molecular weight is 420 g/mol. The molecule has 1 heterocycles. The van der Waals surface area contributed by atoms with Crippen LogP contribution in [0, 0.1) is 5.82 Å². The summed E-state index contributed by atoms with van der Waals surface area (Å²) >= 11 is 0. The van der Waals surface area contributed by atoms with Gasteiger partial charge in [0.1, 0.15) is 5.82 Å². The fraction of sp³-hybridized carbons (Fsp3) is 0.300. The molecule has 2 amide bonds. The summed E-state index contributed by atoms with van der Waals surface area (Å²) in [5.41, 5.74) is 1.14. The predicted molar refractivity (Wildman–Crippen MR) is 106 cm³/mol. The van der Waals surface area contributed by atoms with Crippen LogP contribution in [0.25, 0.3) is 0 Å². The molecule has 154 valence electrons. The van der Waals surface area contributed by atoms with E-state index in [0.29, 0.717) is 11.1 Å². The van der Waals surface area contributed by atoms with Crippen LogP contribution >= 0.6 is 0 Å². The molecule has 0 atom stereocenters. The van der Waals surface area contributed by atoms with Gasteiger partial charge in [-0.25, -0.2) is 22.4 Å². The monoisotopic (exact) mass is 420 g/mol. The Kier molecular flexibility index (Phi) is 6.17. The lowest BCUT2D eigenvalue weighted by Gasteiger charge is -2.33. The molecule has 0 spiro atoms. The highest BCUT2D eigenvalue weighted by molar-refractivity contribution is 7.91. The number of rotatable bonds is 4. The maximum absolute atomic E-state index is 14.4. The number of urea groups is 1. The van der Waals surface area contributed by atoms with Crippen LogP contribution in [-0.4, -0.2) is 57.0 Å². The van der Waals surface area contributed by atoms with Gasteiger partial charge in [0.2, 0.25) is 0 Å². The van der Waals surface area contributed by atoms with Crippen molar-refractivity contribution in [3.05, 3.63) is 65.5 Å². The number of para-hydroxylation sites is 1. The minimum atomic E-state index is -3.15. The van der Waals surface area contributed by atoms with Crippen LogP contribution in [0.15, 0.2) is 48.5 Å². The molecule has 0 bridgehead atoms. The van der Waals surface area contributed by atoms with Crippen molar-refractivity contribution in [2.24, 2.45) is 0 Å². The van der Waals surface area contributed by atoms with Crippen molar-refractivity contribution < 1.29 is 27.1 Å². The number of benzene rings is 2. The Hall–Kier alpha value is -2.94. The highest BCUT2D eigenvalue weighted by Crippen LogP contribution is 2.23. The zero-order chi connectivity index (χ0) is 21.0. The first-order valence-corrected chi connectivity index (χ1v) is 10.8. The number of ether oxygens (including phenoxy) is 1. The number of amides is 2. The number of esters is 1. The molecule has 0 radical (unpaired) electrons. The molecule has 0 aliphatic carbocycles. The summed E-state index contributed by atoms with van der Waals surface area (Å²) < 4.78 is 42.4. The number of sulfone groups is 1. The van der Waals surface area contributed by atoms with Gasteiger partial charge < -0.3 is 9.64 Å². The third-order valence-corrected chi connectivity index (χ3v) is 6.31.